The van der Waals surface area contributed by atoms with Gasteiger partial charge in [-0.05, 0) is 58.4 Å². The van der Waals surface area contributed by atoms with Crippen LogP contribution in [-0.2, 0) is 11.2 Å². The van der Waals surface area contributed by atoms with Crippen molar-refractivity contribution in [3.63, 3.8) is 0 Å². The fourth-order valence-corrected chi connectivity index (χ4v) is 4.38. The largest absolute Gasteiger partial charge is 0.493 e. The second kappa shape index (κ2) is 10.4. The third-order valence-electron chi connectivity index (χ3n) is 6.32. The molecule has 1 aromatic carbocycles. The van der Waals surface area contributed by atoms with Crippen LogP contribution >= 0.6 is 11.5 Å². The first-order valence-corrected chi connectivity index (χ1v) is 11.7. The molecular formula is C23H33N7O3S. The van der Waals surface area contributed by atoms with Crippen molar-refractivity contribution in [2.24, 2.45) is 5.73 Å². The fraction of sp³-hybridized carbons (Fsp3) is 0.478. The molecule has 0 unspecified atom stereocenters. The highest BCUT2D eigenvalue weighted by atomic mass is 32.1. The number of aromatic nitrogens is 4. The van der Waals surface area contributed by atoms with E-state index in [2.05, 4.69) is 47.4 Å². The maximum atomic E-state index is 12.0. The minimum Gasteiger partial charge on any atom is -0.493 e. The SMILES string of the molecule is COc1ccc(CCNC(C)(C)C(C)(C)N(CC(N)=O)c2nc(-n3ccnc3)ns2)cc1OC. The van der Waals surface area contributed by atoms with Crippen LogP contribution in [0.15, 0.2) is 36.9 Å². The summed E-state index contributed by atoms with van der Waals surface area (Å²) in [5.41, 5.74) is 5.79. The molecule has 0 atom stereocenters. The number of nitrogens with zero attached hydrogens (tertiary/aromatic N) is 5. The highest BCUT2D eigenvalue weighted by Crippen LogP contribution is 2.34. The van der Waals surface area contributed by atoms with E-state index in [4.69, 9.17) is 15.2 Å². The van der Waals surface area contributed by atoms with Crippen molar-refractivity contribution in [1.82, 2.24) is 24.2 Å². The first kappa shape index (κ1) is 25.4. The number of nitrogens with one attached hydrogen (secondary N) is 1. The quantitative estimate of drug-likeness (QED) is 0.400. The van der Waals surface area contributed by atoms with Crippen LogP contribution in [0.2, 0.25) is 0 Å². The lowest BCUT2D eigenvalue weighted by Gasteiger charge is -2.49. The Labute approximate surface area is 204 Å². The van der Waals surface area contributed by atoms with Gasteiger partial charge in [0.1, 0.15) is 6.33 Å². The molecule has 1 amide bonds. The highest BCUT2D eigenvalue weighted by molar-refractivity contribution is 7.09. The monoisotopic (exact) mass is 487 g/mol. The van der Waals surface area contributed by atoms with E-state index in [1.54, 1.807) is 37.5 Å². The van der Waals surface area contributed by atoms with Crippen molar-refractivity contribution in [1.29, 1.82) is 0 Å². The van der Waals surface area contributed by atoms with E-state index in [0.717, 1.165) is 12.0 Å². The molecule has 0 saturated heterocycles. The number of primary amides is 1. The molecule has 0 saturated carbocycles. The molecule has 184 valence electrons. The predicted molar refractivity (Wildman–Crippen MR) is 133 cm³/mol. The van der Waals surface area contributed by atoms with Crippen LogP contribution in [0.4, 0.5) is 5.13 Å². The topological polar surface area (TPSA) is 120 Å². The molecule has 10 nitrogen and oxygen atoms in total. The Morgan fingerprint density at radius 3 is 2.56 bits per heavy atom. The number of anilines is 1. The molecule has 0 radical (unpaired) electrons. The molecule has 0 aliphatic heterocycles. The van der Waals surface area contributed by atoms with E-state index < -0.39 is 17.0 Å². The van der Waals surface area contributed by atoms with Crippen molar-refractivity contribution in [3.05, 3.63) is 42.5 Å². The standard InChI is InChI=1S/C23H33N7O3S/c1-22(2,26-10-9-16-7-8-17(32-5)18(13-16)33-6)23(3,4)30(14-19(24)31)21-27-20(28-34-21)29-12-11-25-15-29/h7-8,11-13,15,26H,9-10,14H2,1-6H3,(H2,24,31). The number of rotatable bonds is 12. The molecule has 0 fully saturated rings. The average Bonchev–Trinajstić information content (AvgIpc) is 3.49. The van der Waals surface area contributed by atoms with Crippen molar-refractivity contribution in [3.8, 4) is 17.4 Å². The van der Waals surface area contributed by atoms with Crippen LogP contribution in [0.5, 0.6) is 11.5 Å². The normalized spacial score (nSPS) is 11.9. The molecule has 2 aromatic heterocycles. The number of carbonyl (C=O) groups is 1. The third-order valence-corrected chi connectivity index (χ3v) is 7.05. The lowest BCUT2D eigenvalue weighted by atomic mass is 9.80. The zero-order chi connectivity index (χ0) is 24.9. The van der Waals surface area contributed by atoms with Gasteiger partial charge in [0.15, 0.2) is 11.5 Å². The summed E-state index contributed by atoms with van der Waals surface area (Å²) >= 11 is 1.22. The van der Waals surface area contributed by atoms with E-state index in [-0.39, 0.29) is 6.54 Å². The maximum Gasteiger partial charge on any atom is 0.248 e. The average molecular weight is 488 g/mol. The van der Waals surface area contributed by atoms with Crippen molar-refractivity contribution in [2.45, 2.75) is 45.2 Å². The molecule has 2 heterocycles. The smallest absolute Gasteiger partial charge is 0.248 e. The van der Waals surface area contributed by atoms with Crippen LogP contribution < -0.4 is 25.4 Å². The Balaban J connectivity index is 1.76. The summed E-state index contributed by atoms with van der Waals surface area (Å²) in [7, 11) is 3.25. The van der Waals surface area contributed by atoms with Crippen LogP contribution in [0, 0.1) is 0 Å². The van der Waals surface area contributed by atoms with Crippen molar-refractivity contribution < 1.29 is 14.3 Å². The molecule has 34 heavy (non-hydrogen) atoms. The number of benzene rings is 1. The number of hydrogen-bond acceptors (Lipinski definition) is 9. The lowest BCUT2D eigenvalue weighted by Crippen LogP contribution is -2.66. The van der Waals surface area contributed by atoms with Gasteiger partial charge in [0.05, 0.1) is 26.3 Å². The van der Waals surface area contributed by atoms with Gasteiger partial charge in [-0.3, -0.25) is 9.36 Å². The number of ether oxygens (including phenoxy) is 2. The van der Waals surface area contributed by atoms with Gasteiger partial charge in [0.2, 0.25) is 17.0 Å². The Morgan fingerprint density at radius 1 is 1.21 bits per heavy atom. The number of nitrogens with two attached hydrogens (primary N) is 1. The molecule has 3 aromatic rings. The highest BCUT2D eigenvalue weighted by Gasteiger charge is 2.43. The number of imidazole rings is 1. The maximum absolute atomic E-state index is 12.0. The van der Waals surface area contributed by atoms with Gasteiger partial charge >= 0.3 is 0 Å². The van der Waals surface area contributed by atoms with Crippen LogP contribution in [-0.4, -0.2) is 63.2 Å². The summed E-state index contributed by atoms with van der Waals surface area (Å²) in [6, 6.07) is 5.92. The molecule has 3 rings (SSSR count). The summed E-state index contributed by atoms with van der Waals surface area (Å²) in [5.74, 6) is 1.47. The summed E-state index contributed by atoms with van der Waals surface area (Å²) in [5, 5.41) is 4.26. The number of amides is 1. The minimum absolute atomic E-state index is 0.0202. The number of methoxy groups -OCH3 is 2. The van der Waals surface area contributed by atoms with Crippen molar-refractivity contribution in [2.75, 3.05) is 32.2 Å². The van der Waals surface area contributed by atoms with E-state index in [9.17, 15) is 4.79 Å². The van der Waals surface area contributed by atoms with E-state index in [1.807, 2.05) is 23.1 Å². The van der Waals surface area contributed by atoms with Gasteiger partial charge in [0.25, 0.3) is 0 Å². The van der Waals surface area contributed by atoms with Gasteiger partial charge < -0.3 is 25.4 Å². The van der Waals surface area contributed by atoms with Gasteiger partial charge in [0, 0.05) is 29.5 Å². The first-order valence-electron chi connectivity index (χ1n) is 10.9. The molecular weight excluding hydrogens is 454 g/mol. The Hall–Kier alpha value is -3.18. The zero-order valence-corrected chi connectivity index (χ0v) is 21.3. The predicted octanol–water partition coefficient (Wildman–Crippen LogP) is 2.42. The van der Waals surface area contributed by atoms with Gasteiger partial charge in [-0.1, -0.05) is 6.07 Å². The van der Waals surface area contributed by atoms with Gasteiger partial charge in [-0.25, -0.2) is 4.98 Å². The van der Waals surface area contributed by atoms with Crippen molar-refractivity contribution >= 4 is 22.6 Å². The Morgan fingerprint density at radius 2 is 1.94 bits per heavy atom. The fourth-order valence-electron chi connectivity index (χ4n) is 3.57. The van der Waals surface area contributed by atoms with Crippen LogP contribution in [0.25, 0.3) is 5.95 Å². The zero-order valence-electron chi connectivity index (χ0n) is 20.5. The van der Waals surface area contributed by atoms with E-state index in [1.165, 1.54) is 11.5 Å². The summed E-state index contributed by atoms with van der Waals surface area (Å²) < 4.78 is 16.9. The molecule has 3 N–H and O–H groups in total. The summed E-state index contributed by atoms with van der Waals surface area (Å²) in [4.78, 5) is 22.6. The third kappa shape index (κ3) is 5.48. The van der Waals surface area contributed by atoms with E-state index in [0.29, 0.717) is 29.1 Å². The molecule has 0 aliphatic rings. The summed E-state index contributed by atoms with van der Waals surface area (Å²) in [6.07, 6.45) is 5.86. The Bertz CT molecular complexity index is 1100. The number of hydrogen-bond donors (Lipinski definition) is 2. The van der Waals surface area contributed by atoms with E-state index >= 15 is 0 Å². The molecule has 11 heteroatoms. The van der Waals surface area contributed by atoms with Gasteiger partial charge in [-0.2, -0.15) is 9.36 Å². The lowest BCUT2D eigenvalue weighted by molar-refractivity contribution is -0.117. The number of carbonyl (C=O) groups excluding carboxylic acids is 1. The van der Waals surface area contributed by atoms with Crippen LogP contribution in [0.1, 0.15) is 33.3 Å². The summed E-state index contributed by atoms with van der Waals surface area (Å²) in [6.45, 7) is 9.08. The van der Waals surface area contributed by atoms with Crippen LogP contribution in [0.3, 0.4) is 0 Å². The molecule has 0 aliphatic carbocycles. The van der Waals surface area contributed by atoms with Gasteiger partial charge in [-0.15, -0.1) is 0 Å². The molecule has 0 spiro atoms. The second-order valence-electron chi connectivity index (χ2n) is 8.95. The Kier molecular flexibility index (Phi) is 7.78. The first-order chi connectivity index (χ1) is 16.1. The second-order valence-corrected chi connectivity index (χ2v) is 9.68. The minimum atomic E-state index is -0.536. The molecule has 0 bridgehead atoms.